The minimum atomic E-state index is 0.504. The van der Waals surface area contributed by atoms with Gasteiger partial charge in [-0.05, 0) is 31.9 Å². The van der Waals surface area contributed by atoms with E-state index >= 15 is 0 Å². The molecule has 5 heteroatoms. The van der Waals surface area contributed by atoms with Crippen molar-refractivity contribution in [3.63, 3.8) is 0 Å². The number of hydrogen-bond donors (Lipinski definition) is 1. The summed E-state index contributed by atoms with van der Waals surface area (Å²) in [6, 6.07) is 0. The highest BCUT2D eigenvalue weighted by atomic mass is 79.9. The monoisotopic (exact) mass is 253 g/mol. The van der Waals surface area contributed by atoms with Crippen molar-refractivity contribution in [2.75, 3.05) is 5.73 Å². The molecule has 50 valence electrons. The fraction of sp³-hybridized carbons (Fsp3) is 0.250. The number of hydrogen-bond acceptors (Lipinski definition) is 2. The summed E-state index contributed by atoms with van der Waals surface area (Å²) in [4.78, 5) is 3.92. The zero-order valence-corrected chi connectivity index (χ0v) is 7.90. The van der Waals surface area contributed by atoms with Crippen molar-refractivity contribution in [3.05, 3.63) is 9.34 Å². The molecule has 0 unspecified atom stereocenters. The van der Waals surface area contributed by atoms with E-state index in [1.54, 1.807) is 4.57 Å². The summed E-state index contributed by atoms with van der Waals surface area (Å²) in [6.07, 6.45) is 0. The van der Waals surface area contributed by atoms with Gasteiger partial charge in [0.2, 0.25) is 0 Å². The van der Waals surface area contributed by atoms with E-state index in [0.717, 1.165) is 9.34 Å². The van der Waals surface area contributed by atoms with Gasteiger partial charge in [0.1, 0.15) is 4.60 Å². The van der Waals surface area contributed by atoms with Crippen LogP contribution >= 0.6 is 31.9 Å². The van der Waals surface area contributed by atoms with E-state index < -0.39 is 0 Å². The second kappa shape index (κ2) is 2.30. The number of nitrogens with zero attached hydrogens (tertiary/aromatic N) is 2. The normalized spacial score (nSPS) is 10.1. The Bertz CT molecular complexity index is 207. The van der Waals surface area contributed by atoms with Gasteiger partial charge in [-0.15, -0.1) is 0 Å². The lowest BCUT2D eigenvalue weighted by atomic mass is 10.8. The average Bonchev–Trinajstić information content (AvgIpc) is 1.98. The summed E-state index contributed by atoms with van der Waals surface area (Å²) in [5.41, 5.74) is 5.43. The van der Waals surface area contributed by atoms with Crippen LogP contribution in [0.1, 0.15) is 0 Å². The van der Waals surface area contributed by atoms with E-state index in [0.29, 0.717) is 5.82 Å². The molecule has 2 N–H and O–H groups in total. The maximum atomic E-state index is 5.43. The van der Waals surface area contributed by atoms with Crippen molar-refractivity contribution in [2.24, 2.45) is 7.05 Å². The third kappa shape index (κ3) is 1.11. The van der Waals surface area contributed by atoms with Crippen LogP contribution in [0.25, 0.3) is 0 Å². The van der Waals surface area contributed by atoms with Crippen LogP contribution in [0.15, 0.2) is 9.34 Å². The Hall–Kier alpha value is -0.0300. The third-order valence-corrected chi connectivity index (χ3v) is 2.64. The number of imidazole rings is 1. The summed E-state index contributed by atoms with van der Waals surface area (Å²) in [5, 5.41) is 0. The van der Waals surface area contributed by atoms with Gasteiger partial charge in [-0.1, -0.05) is 0 Å². The first-order chi connectivity index (χ1) is 4.13. The lowest BCUT2D eigenvalue weighted by molar-refractivity contribution is 0.860. The van der Waals surface area contributed by atoms with Crippen LogP contribution in [0.5, 0.6) is 0 Å². The van der Waals surface area contributed by atoms with Gasteiger partial charge in [-0.3, -0.25) is 0 Å². The highest BCUT2D eigenvalue weighted by Gasteiger charge is 2.04. The Morgan fingerprint density at radius 1 is 1.56 bits per heavy atom. The molecule has 0 bridgehead atoms. The molecule has 1 aromatic heterocycles. The highest BCUT2D eigenvalue weighted by molar-refractivity contribution is 9.11. The van der Waals surface area contributed by atoms with Crippen LogP contribution in [0.4, 0.5) is 5.82 Å². The molecule has 0 saturated carbocycles. The largest absolute Gasteiger partial charge is 0.381 e. The number of halogens is 2. The van der Waals surface area contributed by atoms with Crippen molar-refractivity contribution in [1.29, 1.82) is 0 Å². The van der Waals surface area contributed by atoms with E-state index in [9.17, 15) is 0 Å². The van der Waals surface area contributed by atoms with Crippen LogP contribution in [-0.4, -0.2) is 9.55 Å². The van der Waals surface area contributed by atoms with Crippen LogP contribution in [0.2, 0.25) is 0 Å². The molecule has 3 nitrogen and oxygen atoms in total. The Morgan fingerprint density at radius 3 is 2.22 bits per heavy atom. The third-order valence-electron chi connectivity index (χ3n) is 0.995. The molecule has 1 rings (SSSR count). The first-order valence-electron chi connectivity index (χ1n) is 2.26. The van der Waals surface area contributed by atoms with Crippen molar-refractivity contribution < 1.29 is 0 Å². The molecule has 0 fully saturated rings. The van der Waals surface area contributed by atoms with Crippen LogP contribution < -0.4 is 5.73 Å². The van der Waals surface area contributed by atoms with Gasteiger partial charge in [-0.25, -0.2) is 4.98 Å². The maximum absolute atomic E-state index is 5.43. The van der Waals surface area contributed by atoms with E-state index in [1.165, 1.54) is 0 Å². The van der Waals surface area contributed by atoms with Crippen LogP contribution in [-0.2, 0) is 7.05 Å². The van der Waals surface area contributed by atoms with Gasteiger partial charge in [0.15, 0.2) is 10.6 Å². The standard InChI is InChI=1S/C4H5Br2N3/c1-9-2(5)3(7)8-4(9)6/h7H2,1H3. The van der Waals surface area contributed by atoms with Crippen molar-refractivity contribution in [1.82, 2.24) is 9.55 Å². The second-order valence-corrected chi connectivity index (χ2v) is 3.08. The summed E-state index contributed by atoms with van der Waals surface area (Å²) in [6.45, 7) is 0. The SMILES string of the molecule is Cn1c(Br)nc(N)c1Br. The van der Waals surface area contributed by atoms with Gasteiger partial charge < -0.3 is 10.3 Å². The quantitative estimate of drug-likeness (QED) is 0.763. The molecular formula is C4H5Br2N3. The first kappa shape index (κ1) is 7.08. The van der Waals surface area contributed by atoms with Gasteiger partial charge in [0.25, 0.3) is 0 Å². The molecule has 0 aromatic carbocycles. The van der Waals surface area contributed by atoms with E-state index in [4.69, 9.17) is 5.73 Å². The number of anilines is 1. The summed E-state index contributed by atoms with van der Waals surface area (Å²) in [7, 11) is 1.86. The molecule has 0 atom stereocenters. The van der Waals surface area contributed by atoms with Gasteiger partial charge in [-0.2, -0.15) is 0 Å². The van der Waals surface area contributed by atoms with Crippen LogP contribution in [0, 0.1) is 0 Å². The first-order valence-corrected chi connectivity index (χ1v) is 3.84. The van der Waals surface area contributed by atoms with Crippen molar-refractivity contribution in [2.45, 2.75) is 0 Å². The minimum absolute atomic E-state index is 0.504. The molecule has 0 amide bonds. The van der Waals surface area contributed by atoms with Gasteiger partial charge in [0, 0.05) is 7.05 Å². The topological polar surface area (TPSA) is 43.8 Å². The van der Waals surface area contributed by atoms with E-state index in [-0.39, 0.29) is 0 Å². The maximum Gasteiger partial charge on any atom is 0.179 e. The molecule has 0 aliphatic heterocycles. The lowest BCUT2D eigenvalue weighted by Gasteiger charge is -1.91. The fourth-order valence-corrected chi connectivity index (χ4v) is 1.34. The summed E-state index contributed by atoms with van der Waals surface area (Å²) < 4.78 is 3.33. The van der Waals surface area contributed by atoms with Gasteiger partial charge >= 0.3 is 0 Å². The molecule has 9 heavy (non-hydrogen) atoms. The van der Waals surface area contributed by atoms with Gasteiger partial charge in [0.05, 0.1) is 0 Å². The molecule has 0 aliphatic rings. The van der Waals surface area contributed by atoms with Crippen molar-refractivity contribution >= 4 is 37.7 Å². The molecule has 0 radical (unpaired) electrons. The fourth-order valence-electron chi connectivity index (χ4n) is 0.473. The smallest absolute Gasteiger partial charge is 0.179 e. The second-order valence-electron chi connectivity index (χ2n) is 1.62. The number of nitrogen functional groups attached to an aromatic ring is 1. The zero-order valence-electron chi connectivity index (χ0n) is 4.73. The van der Waals surface area contributed by atoms with Crippen molar-refractivity contribution in [3.8, 4) is 0 Å². The molecule has 1 aromatic rings. The predicted octanol–water partition coefficient (Wildman–Crippen LogP) is 1.53. The Morgan fingerprint density at radius 2 is 2.11 bits per heavy atom. The zero-order chi connectivity index (χ0) is 7.02. The average molecular weight is 255 g/mol. The molecule has 1 heterocycles. The Labute approximate surface area is 69.5 Å². The highest BCUT2D eigenvalue weighted by Crippen LogP contribution is 2.21. The number of nitrogens with two attached hydrogens (primary N) is 1. The lowest BCUT2D eigenvalue weighted by Crippen LogP contribution is -1.88. The number of rotatable bonds is 0. The summed E-state index contributed by atoms with van der Waals surface area (Å²) >= 11 is 6.45. The molecule has 0 spiro atoms. The summed E-state index contributed by atoms with van der Waals surface area (Å²) in [5.74, 6) is 0.504. The van der Waals surface area contributed by atoms with E-state index in [1.807, 2.05) is 7.05 Å². The number of aromatic nitrogens is 2. The minimum Gasteiger partial charge on any atom is -0.381 e. The Kier molecular flexibility index (Phi) is 1.81. The predicted molar refractivity (Wildman–Crippen MR) is 43.0 cm³/mol. The van der Waals surface area contributed by atoms with Crippen LogP contribution in [0.3, 0.4) is 0 Å². The molecule has 0 saturated heterocycles. The Balaban J connectivity index is 3.29. The molecular weight excluding hydrogens is 250 g/mol. The molecule has 0 aliphatic carbocycles. The van der Waals surface area contributed by atoms with E-state index in [2.05, 4.69) is 36.8 Å².